The number of Topliss-reactive ketones (excluding diaryl/α,β-unsaturated/α-hetero) is 1. The number of carbonyl (C=O) groups is 2. The number of carbonyl (C=O) groups excluding carboxylic acids is 2. The fourth-order valence-electron chi connectivity index (χ4n) is 3.09. The average Bonchev–Trinajstić information content (AvgIpc) is 3.37. The molecule has 0 fully saturated rings. The van der Waals surface area contributed by atoms with Crippen LogP contribution >= 0.6 is 0 Å². The van der Waals surface area contributed by atoms with Gasteiger partial charge in [-0.1, -0.05) is 18.2 Å². The molecule has 0 saturated carbocycles. The number of alkyl halides is 2. The van der Waals surface area contributed by atoms with Crippen LogP contribution in [0.25, 0.3) is 6.08 Å². The van der Waals surface area contributed by atoms with Gasteiger partial charge in [0.2, 0.25) is 5.78 Å². The standard InChI is InChI=1S/C23H17F2NO7/c1-29-20-12-15(33-26-20)7-9-21(27)30-14-6-8-16-18(11-14)31-19(22(16)28)10-13-4-2-3-5-17(13)32-23(24)25/h2-6,8,10-12,23H,7,9H2,1H3/b19-10-. The highest BCUT2D eigenvalue weighted by Crippen LogP contribution is 2.36. The van der Waals surface area contributed by atoms with Crippen LogP contribution in [0.5, 0.6) is 23.1 Å². The third-order valence-corrected chi connectivity index (χ3v) is 4.62. The lowest BCUT2D eigenvalue weighted by Crippen LogP contribution is -2.08. The predicted octanol–water partition coefficient (Wildman–Crippen LogP) is 4.44. The first-order valence-electron chi connectivity index (χ1n) is 9.75. The van der Waals surface area contributed by atoms with E-state index in [9.17, 15) is 18.4 Å². The number of methoxy groups -OCH3 is 1. The fourth-order valence-corrected chi connectivity index (χ4v) is 3.09. The summed E-state index contributed by atoms with van der Waals surface area (Å²) in [4.78, 5) is 24.8. The van der Waals surface area contributed by atoms with Crippen LogP contribution in [0.15, 0.2) is 58.8 Å². The molecular formula is C23H17F2NO7. The van der Waals surface area contributed by atoms with Crippen molar-refractivity contribution in [1.29, 1.82) is 0 Å². The number of allylic oxidation sites excluding steroid dienone is 1. The van der Waals surface area contributed by atoms with Gasteiger partial charge in [0.25, 0.3) is 5.88 Å². The normalized spacial score (nSPS) is 13.7. The van der Waals surface area contributed by atoms with Crippen LogP contribution in [-0.4, -0.2) is 30.6 Å². The Morgan fingerprint density at radius 3 is 2.76 bits per heavy atom. The molecular weight excluding hydrogens is 440 g/mol. The zero-order valence-electron chi connectivity index (χ0n) is 17.2. The maximum absolute atomic E-state index is 12.6. The molecule has 1 aromatic heterocycles. The number of para-hydroxylation sites is 1. The molecule has 2 heterocycles. The van der Waals surface area contributed by atoms with Crippen molar-refractivity contribution in [3.63, 3.8) is 0 Å². The maximum atomic E-state index is 12.6. The second-order valence-electron chi connectivity index (χ2n) is 6.82. The summed E-state index contributed by atoms with van der Waals surface area (Å²) in [5.74, 6) is 0.0265. The molecule has 1 aliphatic rings. The molecule has 0 atom stereocenters. The maximum Gasteiger partial charge on any atom is 0.387 e. The van der Waals surface area contributed by atoms with Crippen LogP contribution in [0, 0.1) is 0 Å². The van der Waals surface area contributed by atoms with Crippen molar-refractivity contribution < 1.29 is 41.8 Å². The SMILES string of the molecule is COc1cc(CCC(=O)Oc2ccc3c(c2)O/C(=C\c2ccccc2OC(F)F)C3=O)on1. The number of aryl methyl sites for hydroxylation is 1. The number of halogens is 2. The van der Waals surface area contributed by atoms with Gasteiger partial charge in [-0.25, -0.2) is 0 Å². The second kappa shape index (κ2) is 9.51. The smallest absolute Gasteiger partial charge is 0.387 e. The van der Waals surface area contributed by atoms with Gasteiger partial charge in [-0.3, -0.25) is 9.59 Å². The van der Waals surface area contributed by atoms with Crippen molar-refractivity contribution in [1.82, 2.24) is 5.16 Å². The number of ketones is 1. The van der Waals surface area contributed by atoms with E-state index in [1.807, 2.05) is 0 Å². The first-order chi connectivity index (χ1) is 15.9. The number of nitrogens with zero attached hydrogens (tertiary/aromatic N) is 1. The summed E-state index contributed by atoms with van der Waals surface area (Å²) in [6.07, 6.45) is 1.61. The number of aromatic nitrogens is 1. The fraction of sp³-hybridized carbons (Fsp3) is 0.174. The minimum Gasteiger partial charge on any atom is -0.479 e. The van der Waals surface area contributed by atoms with Crippen molar-refractivity contribution in [3.8, 4) is 23.1 Å². The minimum absolute atomic E-state index is 0.0291. The van der Waals surface area contributed by atoms with Gasteiger partial charge in [-0.15, -0.1) is 0 Å². The highest BCUT2D eigenvalue weighted by molar-refractivity contribution is 6.14. The van der Waals surface area contributed by atoms with Crippen LogP contribution in [0.4, 0.5) is 8.78 Å². The summed E-state index contributed by atoms with van der Waals surface area (Å²) in [7, 11) is 1.45. The Morgan fingerprint density at radius 2 is 2.00 bits per heavy atom. The Morgan fingerprint density at radius 1 is 1.18 bits per heavy atom. The Hall–Kier alpha value is -4.21. The molecule has 8 nitrogen and oxygen atoms in total. The molecule has 170 valence electrons. The van der Waals surface area contributed by atoms with Crippen LogP contribution in [0.3, 0.4) is 0 Å². The van der Waals surface area contributed by atoms with Crippen molar-refractivity contribution in [2.45, 2.75) is 19.5 Å². The first kappa shape index (κ1) is 22.0. The molecule has 3 aromatic rings. The van der Waals surface area contributed by atoms with E-state index in [1.54, 1.807) is 12.1 Å². The third kappa shape index (κ3) is 5.17. The monoisotopic (exact) mass is 457 g/mol. The van der Waals surface area contributed by atoms with Crippen molar-refractivity contribution in [2.24, 2.45) is 0 Å². The third-order valence-electron chi connectivity index (χ3n) is 4.62. The Bertz CT molecular complexity index is 1220. The summed E-state index contributed by atoms with van der Waals surface area (Å²) in [6, 6.07) is 11.9. The average molecular weight is 457 g/mol. The highest BCUT2D eigenvalue weighted by Gasteiger charge is 2.28. The summed E-state index contributed by atoms with van der Waals surface area (Å²) >= 11 is 0. The van der Waals surface area contributed by atoms with E-state index >= 15 is 0 Å². The summed E-state index contributed by atoms with van der Waals surface area (Å²) in [6.45, 7) is -3.01. The summed E-state index contributed by atoms with van der Waals surface area (Å²) in [5, 5.41) is 3.65. The van der Waals surface area contributed by atoms with Crippen molar-refractivity contribution in [2.75, 3.05) is 7.11 Å². The van der Waals surface area contributed by atoms with E-state index in [4.69, 9.17) is 18.7 Å². The quantitative estimate of drug-likeness (QED) is 0.278. The molecule has 0 bridgehead atoms. The molecule has 0 unspecified atom stereocenters. The second-order valence-corrected chi connectivity index (χ2v) is 6.82. The van der Waals surface area contributed by atoms with Crippen molar-refractivity contribution in [3.05, 3.63) is 71.2 Å². The lowest BCUT2D eigenvalue weighted by atomic mass is 10.1. The van der Waals surface area contributed by atoms with Crippen molar-refractivity contribution >= 4 is 17.8 Å². The molecule has 2 aromatic carbocycles. The van der Waals surface area contributed by atoms with Gasteiger partial charge >= 0.3 is 12.6 Å². The van der Waals surface area contributed by atoms with Gasteiger partial charge in [0.15, 0.2) is 5.76 Å². The zero-order chi connectivity index (χ0) is 23.4. The van der Waals surface area contributed by atoms with E-state index in [1.165, 1.54) is 49.6 Å². The molecule has 0 spiro atoms. The van der Waals surface area contributed by atoms with Gasteiger partial charge in [-0.2, -0.15) is 8.78 Å². The number of fused-ring (bicyclic) bond motifs is 1. The minimum atomic E-state index is -3.01. The van der Waals surface area contributed by atoms with E-state index in [-0.39, 0.29) is 47.0 Å². The van der Waals surface area contributed by atoms with E-state index < -0.39 is 18.4 Å². The van der Waals surface area contributed by atoms with E-state index in [2.05, 4.69) is 9.89 Å². The van der Waals surface area contributed by atoms with Crippen LogP contribution in [-0.2, 0) is 11.2 Å². The van der Waals surface area contributed by atoms with Crippen LogP contribution in [0.1, 0.15) is 28.1 Å². The zero-order valence-corrected chi connectivity index (χ0v) is 17.2. The first-order valence-corrected chi connectivity index (χ1v) is 9.75. The highest BCUT2D eigenvalue weighted by atomic mass is 19.3. The Labute approximate surface area is 186 Å². The number of ether oxygens (including phenoxy) is 4. The molecule has 0 N–H and O–H groups in total. The lowest BCUT2D eigenvalue weighted by molar-refractivity contribution is -0.134. The molecule has 4 rings (SSSR count). The molecule has 0 saturated heterocycles. The van der Waals surface area contributed by atoms with Gasteiger partial charge in [0, 0.05) is 24.1 Å². The van der Waals surface area contributed by atoms with Gasteiger partial charge in [0.05, 0.1) is 19.1 Å². The Kier molecular flexibility index (Phi) is 6.34. The molecule has 0 amide bonds. The largest absolute Gasteiger partial charge is 0.479 e. The van der Waals surface area contributed by atoms with E-state index in [0.717, 1.165) is 0 Å². The van der Waals surface area contributed by atoms with Crippen LogP contribution < -0.4 is 18.9 Å². The molecule has 33 heavy (non-hydrogen) atoms. The number of rotatable bonds is 8. The predicted molar refractivity (Wildman–Crippen MR) is 109 cm³/mol. The topological polar surface area (TPSA) is 97.1 Å². The molecule has 0 aliphatic carbocycles. The lowest BCUT2D eigenvalue weighted by Gasteiger charge is -2.08. The molecule has 10 heteroatoms. The van der Waals surface area contributed by atoms with Gasteiger partial charge in [-0.05, 0) is 29.4 Å². The van der Waals surface area contributed by atoms with Gasteiger partial charge in [0.1, 0.15) is 23.0 Å². The molecule has 0 radical (unpaired) electrons. The Balaban J connectivity index is 1.43. The summed E-state index contributed by atoms with van der Waals surface area (Å²) < 4.78 is 50.5. The van der Waals surface area contributed by atoms with Gasteiger partial charge < -0.3 is 23.5 Å². The number of benzene rings is 2. The number of hydrogen-bond donors (Lipinski definition) is 0. The number of hydrogen-bond acceptors (Lipinski definition) is 8. The molecule has 1 aliphatic heterocycles. The summed E-state index contributed by atoms with van der Waals surface area (Å²) in [5.41, 5.74) is 0.506. The van der Waals surface area contributed by atoms with E-state index in [0.29, 0.717) is 11.6 Å². The number of esters is 1. The van der Waals surface area contributed by atoms with Crippen LogP contribution in [0.2, 0.25) is 0 Å².